The summed E-state index contributed by atoms with van der Waals surface area (Å²) in [5.74, 6) is 0. The van der Waals surface area contributed by atoms with E-state index in [0.717, 1.165) is 38.0 Å². The Morgan fingerprint density at radius 1 is 1.37 bits per heavy atom. The van der Waals surface area contributed by atoms with Crippen molar-refractivity contribution in [1.29, 1.82) is 0 Å². The van der Waals surface area contributed by atoms with Gasteiger partial charge in [0.1, 0.15) is 0 Å². The zero-order valence-corrected chi connectivity index (χ0v) is 11.7. The molecule has 1 aromatic carbocycles. The molecule has 0 spiro atoms. The summed E-state index contributed by atoms with van der Waals surface area (Å²) in [5, 5.41) is 18.8. The van der Waals surface area contributed by atoms with Crippen molar-refractivity contribution < 1.29 is 14.8 Å². The Labute approximate surface area is 115 Å². The van der Waals surface area contributed by atoms with Crippen LogP contribution in [0.5, 0.6) is 0 Å². The Kier molecular flexibility index (Phi) is 4.63. The number of likely N-dealkylation sites (tertiary alicyclic amines) is 1. The van der Waals surface area contributed by atoms with Crippen LogP contribution in [0.3, 0.4) is 0 Å². The first-order valence-corrected chi connectivity index (χ1v) is 6.75. The molecule has 1 aromatic rings. The van der Waals surface area contributed by atoms with Gasteiger partial charge in [0.15, 0.2) is 0 Å². The summed E-state index contributed by atoms with van der Waals surface area (Å²) < 4.78 is 5.58. The fourth-order valence-electron chi connectivity index (χ4n) is 2.78. The average Bonchev–Trinajstić information content (AvgIpc) is 2.39. The molecule has 4 nitrogen and oxygen atoms in total. The highest BCUT2D eigenvalue weighted by molar-refractivity contribution is 6.59. The van der Waals surface area contributed by atoms with Crippen molar-refractivity contribution in [2.45, 2.75) is 31.9 Å². The van der Waals surface area contributed by atoms with Crippen molar-refractivity contribution >= 4 is 12.6 Å². The zero-order chi connectivity index (χ0) is 13.9. The minimum absolute atomic E-state index is 0.0922. The van der Waals surface area contributed by atoms with Crippen molar-refractivity contribution in [1.82, 2.24) is 4.90 Å². The van der Waals surface area contributed by atoms with E-state index in [9.17, 15) is 10.0 Å². The normalized spacial score (nSPS) is 24.4. The van der Waals surface area contributed by atoms with Crippen LogP contribution in [0.2, 0.25) is 0 Å². The van der Waals surface area contributed by atoms with Crippen LogP contribution >= 0.6 is 0 Å². The van der Waals surface area contributed by atoms with Crippen molar-refractivity contribution in [3.8, 4) is 0 Å². The van der Waals surface area contributed by atoms with Crippen LogP contribution in [0.4, 0.5) is 0 Å². The number of hydrogen-bond donors (Lipinski definition) is 2. The molecular formula is C14H22BNO3. The molecule has 0 aliphatic carbocycles. The molecule has 0 amide bonds. The second-order valence-corrected chi connectivity index (χ2v) is 5.54. The maximum atomic E-state index is 9.40. The van der Waals surface area contributed by atoms with E-state index in [1.54, 1.807) is 13.2 Å². The Morgan fingerprint density at radius 2 is 2.11 bits per heavy atom. The molecule has 19 heavy (non-hydrogen) atoms. The monoisotopic (exact) mass is 263 g/mol. The number of rotatable bonds is 4. The fraction of sp³-hybridized carbons (Fsp3) is 0.571. The molecule has 1 aliphatic heterocycles. The second kappa shape index (κ2) is 6.05. The summed E-state index contributed by atoms with van der Waals surface area (Å²) in [5.41, 5.74) is 1.47. The van der Waals surface area contributed by atoms with Crippen LogP contribution in [-0.2, 0) is 11.3 Å². The van der Waals surface area contributed by atoms with Crippen LogP contribution in [0.25, 0.3) is 0 Å². The number of piperidine rings is 1. The zero-order valence-electron chi connectivity index (χ0n) is 11.7. The van der Waals surface area contributed by atoms with Crippen LogP contribution in [0.1, 0.15) is 25.3 Å². The predicted octanol–water partition coefficient (Wildman–Crippen LogP) is 0.367. The maximum Gasteiger partial charge on any atom is 0.488 e. The SMILES string of the molecule is COC1(C)CCCN(Cc2ccccc2B(O)O)C1. The van der Waals surface area contributed by atoms with Gasteiger partial charge in [-0.25, -0.2) is 0 Å². The number of ether oxygens (including phenoxy) is 1. The molecule has 5 heteroatoms. The molecule has 0 aromatic heterocycles. The first-order valence-electron chi connectivity index (χ1n) is 6.75. The minimum atomic E-state index is -1.41. The van der Waals surface area contributed by atoms with Gasteiger partial charge in [-0.3, -0.25) is 4.90 Å². The quantitative estimate of drug-likeness (QED) is 0.770. The van der Waals surface area contributed by atoms with E-state index in [-0.39, 0.29) is 5.60 Å². The van der Waals surface area contributed by atoms with Crippen molar-refractivity contribution in [3.05, 3.63) is 29.8 Å². The number of benzene rings is 1. The standard InChI is InChI=1S/C14H22BNO3/c1-14(19-2)8-5-9-16(11-14)10-12-6-3-4-7-13(12)15(17)18/h3-4,6-7,17-18H,5,8-11H2,1-2H3. The summed E-state index contributed by atoms with van der Waals surface area (Å²) in [6.45, 7) is 4.76. The summed E-state index contributed by atoms with van der Waals surface area (Å²) >= 11 is 0. The summed E-state index contributed by atoms with van der Waals surface area (Å²) in [4.78, 5) is 2.31. The van der Waals surface area contributed by atoms with E-state index < -0.39 is 7.12 Å². The van der Waals surface area contributed by atoms with Gasteiger partial charge in [0, 0.05) is 20.2 Å². The lowest BCUT2D eigenvalue weighted by atomic mass is 9.77. The molecule has 1 aliphatic rings. The van der Waals surface area contributed by atoms with E-state index in [2.05, 4.69) is 11.8 Å². The highest BCUT2D eigenvalue weighted by Gasteiger charge is 2.31. The molecular weight excluding hydrogens is 241 g/mol. The summed E-state index contributed by atoms with van der Waals surface area (Å²) in [7, 11) is 0.351. The van der Waals surface area contributed by atoms with Gasteiger partial charge in [0.25, 0.3) is 0 Å². The van der Waals surface area contributed by atoms with Crippen LogP contribution in [0.15, 0.2) is 24.3 Å². The van der Waals surface area contributed by atoms with E-state index in [4.69, 9.17) is 4.74 Å². The Hall–Kier alpha value is -0.875. The third-order valence-electron chi connectivity index (χ3n) is 3.96. The molecule has 1 unspecified atom stereocenters. The number of hydrogen-bond acceptors (Lipinski definition) is 4. The first-order chi connectivity index (χ1) is 9.04. The Bertz CT molecular complexity index is 427. The largest absolute Gasteiger partial charge is 0.488 e. The van der Waals surface area contributed by atoms with Crippen LogP contribution in [0, 0.1) is 0 Å². The summed E-state index contributed by atoms with van der Waals surface area (Å²) in [6.07, 6.45) is 2.18. The van der Waals surface area contributed by atoms with Gasteiger partial charge in [-0.05, 0) is 37.3 Å². The Balaban J connectivity index is 2.09. The second-order valence-electron chi connectivity index (χ2n) is 5.54. The number of nitrogens with zero attached hydrogens (tertiary/aromatic N) is 1. The molecule has 104 valence electrons. The van der Waals surface area contributed by atoms with E-state index in [1.807, 2.05) is 18.2 Å². The van der Waals surface area contributed by atoms with Crippen LogP contribution in [-0.4, -0.2) is 47.9 Å². The molecule has 1 fully saturated rings. The maximum absolute atomic E-state index is 9.40. The van der Waals surface area contributed by atoms with Gasteiger partial charge in [-0.15, -0.1) is 0 Å². The van der Waals surface area contributed by atoms with Crippen molar-refractivity contribution in [3.63, 3.8) is 0 Å². The first kappa shape index (κ1) is 14.5. The minimum Gasteiger partial charge on any atom is -0.423 e. The summed E-state index contributed by atoms with van der Waals surface area (Å²) in [6, 6.07) is 7.47. The van der Waals surface area contributed by atoms with Crippen molar-refractivity contribution in [2.24, 2.45) is 0 Å². The lowest BCUT2D eigenvalue weighted by Crippen LogP contribution is -2.47. The molecule has 1 heterocycles. The van der Waals surface area contributed by atoms with Gasteiger partial charge >= 0.3 is 7.12 Å². The van der Waals surface area contributed by atoms with Gasteiger partial charge in [-0.2, -0.15) is 0 Å². The van der Waals surface area contributed by atoms with E-state index >= 15 is 0 Å². The van der Waals surface area contributed by atoms with Gasteiger partial charge in [0.05, 0.1) is 5.60 Å². The lowest BCUT2D eigenvalue weighted by molar-refractivity contribution is -0.0526. The molecule has 0 saturated carbocycles. The van der Waals surface area contributed by atoms with Gasteiger partial charge < -0.3 is 14.8 Å². The van der Waals surface area contributed by atoms with Gasteiger partial charge in [0.2, 0.25) is 0 Å². The Morgan fingerprint density at radius 3 is 2.79 bits per heavy atom. The highest BCUT2D eigenvalue weighted by Crippen LogP contribution is 2.24. The van der Waals surface area contributed by atoms with E-state index in [1.165, 1.54) is 0 Å². The lowest BCUT2D eigenvalue weighted by Gasteiger charge is -2.39. The molecule has 0 radical (unpaired) electrons. The van der Waals surface area contributed by atoms with Crippen LogP contribution < -0.4 is 5.46 Å². The molecule has 2 rings (SSSR count). The third kappa shape index (κ3) is 3.57. The molecule has 2 N–H and O–H groups in total. The molecule has 1 saturated heterocycles. The third-order valence-corrected chi connectivity index (χ3v) is 3.96. The smallest absolute Gasteiger partial charge is 0.423 e. The van der Waals surface area contributed by atoms with Gasteiger partial charge in [-0.1, -0.05) is 24.3 Å². The number of methoxy groups -OCH3 is 1. The molecule has 0 bridgehead atoms. The fourth-order valence-corrected chi connectivity index (χ4v) is 2.78. The highest BCUT2D eigenvalue weighted by atomic mass is 16.5. The topological polar surface area (TPSA) is 52.9 Å². The van der Waals surface area contributed by atoms with E-state index in [0.29, 0.717) is 5.46 Å². The molecule has 1 atom stereocenters. The van der Waals surface area contributed by atoms with Crippen molar-refractivity contribution in [2.75, 3.05) is 20.2 Å². The predicted molar refractivity (Wildman–Crippen MR) is 76.2 cm³/mol. The average molecular weight is 263 g/mol.